The largest absolute Gasteiger partial charge is 0.456 e. The Balaban J connectivity index is 2.31. The van der Waals surface area contributed by atoms with Crippen LogP contribution in [0.1, 0.15) is 43.9 Å². The number of halogens is 1. The molecule has 1 atom stereocenters. The van der Waals surface area contributed by atoms with Crippen LogP contribution in [-0.4, -0.2) is 5.11 Å². The first-order valence-electron chi connectivity index (χ1n) is 6.73. The van der Waals surface area contributed by atoms with E-state index in [0.29, 0.717) is 16.7 Å². The van der Waals surface area contributed by atoms with Crippen molar-refractivity contribution in [3.8, 4) is 11.5 Å². The van der Waals surface area contributed by atoms with E-state index in [0.717, 1.165) is 16.9 Å². The van der Waals surface area contributed by atoms with Gasteiger partial charge < -0.3 is 9.84 Å². The molecule has 1 N–H and O–H groups in total. The van der Waals surface area contributed by atoms with Gasteiger partial charge in [-0.1, -0.05) is 49.7 Å². The third kappa shape index (κ3) is 3.33. The minimum atomic E-state index is -0.537. The molecular weight excluding hydrogens is 272 g/mol. The molecule has 0 fully saturated rings. The molecule has 0 aromatic heterocycles. The Hall–Kier alpha value is -1.51. The highest BCUT2D eigenvalue weighted by Crippen LogP contribution is 2.35. The van der Waals surface area contributed by atoms with E-state index in [1.807, 2.05) is 24.3 Å². The molecule has 3 heteroatoms. The molecule has 0 spiro atoms. The number of aliphatic hydroxyl groups is 1. The fraction of sp³-hybridized carbons (Fsp3) is 0.294. The lowest BCUT2D eigenvalue weighted by Gasteiger charge is -2.15. The van der Waals surface area contributed by atoms with Crippen molar-refractivity contribution < 1.29 is 9.84 Å². The Labute approximate surface area is 125 Å². The van der Waals surface area contributed by atoms with E-state index in [1.165, 1.54) is 0 Å². The minimum Gasteiger partial charge on any atom is -0.456 e. The van der Waals surface area contributed by atoms with Crippen molar-refractivity contribution >= 4 is 11.6 Å². The second kappa shape index (κ2) is 6.29. The van der Waals surface area contributed by atoms with Crippen molar-refractivity contribution in [2.75, 3.05) is 0 Å². The van der Waals surface area contributed by atoms with Crippen molar-refractivity contribution in [2.24, 2.45) is 0 Å². The van der Waals surface area contributed by atoms with Crippen molar-refractivity contribution in [1.29, 1.82) is 0 Å². The van der Waals surface area contributed by atoms with Gasteiger partial charge in [-0.05, 0) is 42.2 Å². The molecule has 0 heterocycles. The van der Waals surface area contributed by atoms with E-state index < -0.39 is 6.10 Å². The lowest BCUT2D eigenvalue weighted by Crippen LogP contribution is -1.95. The highest BCUT2D eigenvalue weighted by molar-refractivity contribution is 6.32. The summed E-state index contributed by atoms with van der Waals surface area (Å²) in [5, 5.41) is 10.0. The van der Waals surface area contributed by atoms with Gasteiger partial charge in [0.15, 0.2) is 0 Å². The molecule has 2 aromatic rings. The Bertz CT molecular complexity index is 591. The van der Waals surface area contributed by atoms with Gasteiger partial charge in [-0.3, -0.25) is 0 Å². The average Bonchev–Trinajstić information content (AvgIpc) is 2.41. The third-order valence-corrected chi connectivity index (χ3v) is 3.49. The van der Waals surface area contributed by atoms with Crippen LogP contribution in [0.15, 0.2) is 42.5 Å². The van der Waals surface area contributed by atoms with Crippen molar-refractivity contribution in [2.45, 2.75) is 32.8 Å². The van der Waals surface area contributed by atoms with E-state index in [9.17, 15) is 5.11 Å². The fourth-order valence-corrected chi connectivity index (χ4v) is 2.26. The molecule has 2 nitrogen and oxygen atoms in total. The summed E-state index contributed by atoms with van der Waals surface area (Å²) in [7, 11) is 0. The summed E-state index contributed by atoms with van der Waals surface area (Å²) in [6.07, 6.45) is -0.537. The Morgan fingerprint density at radius 2 is 1.70 bits per heavy atom. The monoisotopic (exact) mass is 290 g/mol. The van der Waals surface area contributed by atoms with E-state index >= 15 is 0 Å². The van der Waals surface area contributed by atoms with E-state index in [4.69, 9.17) is 16.3 Å². The summed E-state index contributed by atoms with van der Waals surface area (Å²) in [6, 6.07) is 13.3. The second-order valence-corrected chi connectivity index (χ2v) is 5.57. The van der Waals surface area contributed by atoms with Crippen LogP contribution in [0.2, 0.25) is 5.02 Å². The Morgan fingerprint density at radius 1 is 1.00 bits per heavy atom. The highest BCUT2D eigenvalue weighted by atomic mass is 35.5. The van der Waals surface area contributed by atoms with E-state index in [2.05, 4.69) is 19.9 Å². The quantitative estimate of drug-likeness (QED) is 0.827. The maximum atomic E-state index is 9.55. The molecule has 0 amide bonds. The van der Waals surface area contributed by atoms with E-state index in [1.54, 1.807) is 19.1 Å². The number of para-hydroxylation sites is 1. The lowest BCUT2D eigenvalue weighted by atomic mass is 10.0. The normalized spacial score (nSPS) is 12.5. The van der Waals surface area contributed by atoms with Gasteiger partial charge in [0.25, 0.3) is 0 Å². The SMILES string of the molecule is CC(C)c1ccccc1Oc1ccc([C@H](C)O)cc1Cl. The maximum Gasteiger partial charge on any atom is 0.146 e. The van der Waals surface area contributed by atoms with Gasteiger partial charge in [0, 0.05) is 0 Å². The van der Waals surface area contributed by atoms with Gasteiger partial charge in [0.1, 0.15) is 11.5 Å². The first-order valence-corrected chi connectivity index (χ1v) is 7.11. The molecule has 2 aromatic carbocycles. The first-order chi connectivity index (χ1) is 9.49. The molecule has 106 valence electrons. The average molecular weight is 291 g/mol. The first kappa shape index (κ1) is 14.9. The van der Waals surface area contributed by atoms with Gasteiger partial charge in [-0.25, -0.2) is 0 Å². The Morgan fingerprint density at radius 3 is 2.30 bits per heavy atom. The van der Waals surface area contributed by atoms with Crippen LogP contribution >= 0.6 is 11.6 Å². The van der Waals surface area contributed by atoms with Crippen LogP contribution in [0.5, 0.6) is 11.5 Å². The number of aliphatic hydroxyl groups excluding tert-OH is 1. The predicted molar refractivity (Wildman–Crippen MR) is 82.7 cm³/mol. The summed E-state index contributed by atoms with van der Waals surface area (Å²) in [4.78, 5) is 0. The summed E-state index contributed by atoms with van der Waals surface area (Å²) in [6.45, 7) is 5.96. The molecule has 0 aliphatic heterocycles. The molecular formula is C17H19ClO2. The Kier molecular flexibility index (Phi) is 4.69. The van der Waals surface area contributed by atoms with Gasteiger partial charge >= 0.3 is 0 Å². The molecule has 0 saturated heterocycles. The zero-order chi connectivity index (χ0) is 14.7. The maximum absolute atomic E-state index is 9.55. The van der Waals surface area contributed by atoms with Crippen LogP contribution in [0.3, 0.4) is 0 Å². The van der Waals surface area contributed by atoms with E-state index in [-0.39, 0.29) is 0 Å². The van der Waals surface area contributed by atoms with Gasteiger partial charge in [0.2, 0.25) is 0 Å². The number of hydrogen-bond acceptors (Lipinski definition) is 2. The van der Waals surface area contributed by atoms with Gasteiger partial charge in [-0.15, -0.1) is 0 Å². The fourth-order valence-electron chi connectivity index (χ4n) is 2.03. The number of rotatable bonds is 4. The summed E-state index contributed by atoms with van der Waals surface area (Å²) >= 11 is 6.22. The summed E-state index contributed by atoms with van der Waals surface area (Å²) in [5.74, 6) is 1.79. The third-order valence-electron chi connectivity index (χ3n) is 3.20. The topological polar surface area (TPSA) is 29.5 Å². The zero-order valence-corrected chi connectivity index (χ0v) is 12.7. The smallest absolute Gasteiger partial charge is 0.146 e. The molecule has 0 unspecified atom stereocenters. The summed E-state index contributed by atoms with van der Waals surface area (Å²) in [5.41, 5.74) is 1.92. The lowest BCUT2D eigenvalue weighted by molar-refractivity contribution is 0.199. The second-order valence-electron chi connectivity index (χ2n) is 5.16. The molecule has 0 aliphatic rings. The van der Waals surface area contributed by atoms with Crippen LogP contribution in [0.4, 0.5) is 0 Å². The molecule has 20 heavy (non-hydrogen) atoms. The zero-order valence-electron chi connectivity index (χ0n) is 11.9. The van der Waals surface area contributed by atoms with Gasteiger partial charge in [0.05, 0.1) is 11.1 Å². The number of benzene rings is 2. The van der Waals surface area contributed by atoms with Crippen molar-refractivity contribution in [1.82, 2.24) is 0 Å². The van der Waals surface area contributed by atoms with Gasteiger partial charge in [-0.2, -0.15) is 0 Å². The number of hydrogen-bond donors (Lipinski definition) is 1. The van der Waals surface area contributed by atoms with Crippen LogP contribution < -0.4 is 4.74 Å². The van der Waals surface area contributed by atoms with Crippen molar-refractivity contribution in [3.63, 3.8) is 0 Å². The highest BCUT2D eigenvalue weighted by Gasteiger charge is 2.11. The molecule has 2 rings (SSSR count). The molecule has 0 saturated carbocycles. The van der Waals surface area contributed by atoms with Crippen molar-refractivity contribution in [3.05, 3.63) is 58.6 Å². The van der Waals surface area contributed by atoms with Crippen LogP contribution in [0.25, 0.3) is 0 Å². The predicted octanol–water partition coefficient (Wildman–Crippen LogP) is 5.31. The standard InChI is InChI=1S/C17H19ClO2/c1-11(2)14-6-4-5-7-16(14)20-17-9-8-13(12(3)19)10-15(17)18/h4-12,19H,1-3H3/t12-/m0/s1. The minimum absolute atomic E-state index is 0.377. The molecule has 0 bridgehead atoms. The van der Waals surface area contributed by atoms with Crippen LogP contribution in [-0.2, 0) is 0 Å². The number of ether oxygens (including phenoxy) is 1. The molecule has 0 aliphatic carbocycles. The van der Waals surface area contributed by atoms with Crippen LogP contribution in [0, 0.1) is 0 Å². The molecule has 0 radical (unpaired) electrons. The summed E-state index contributed by atoms with van der Waals surface area (Å²) < 4.78 is 5.92.